The smallest absolute Gasteiger partial charge is 0.331 e. The number of aromatic nitrogens is 2. The van der Waals surface area contributed by atoms with Gasteiger partial charge in [0.15, 0.2) is 0 Å². The quantitative estimate of drug-likeness (QED) is 0.406. The first-order valence-corrected chi connectivity index (χ1v) is 12.2. The molecule has 0 saturated carbocycles. The molecule has 0 fully saturated rings. The number of carbonyl (C=O) groups is 1. The lowest BCUT2D eigenvalue weighted by Crippen LogP contribution is -2.49. The number of benzene rings is 3. The molecule has 10 heteroatoms. The Hall–Kier alpha value is -4.02. The van der Waals surface area contributed by atoms with Gasteiger partial charge in [0.2, 0.25) is 10.0 Å². The predicted molar refractivity (Wildman–Crippen MR) is 132 cm³/mol. The third-order valence-corrected chi connectivity index (χ3v) is 7.26. The van der Waals surface area contributed by atoms with Crippen molar-refractivity contribution in [2.45, 2.75) is 24.4 Å². The highest BCUT2D eigenvalue weighted by molar-refractivity contribution is 7.89. The number of para-hydroxylation sites is 1. The van der Waals surface area contributed by atoms with Gasteiger partial charge in [-0.1, -0.05) is 54.1 Å². The van der Waals surface area contributed by atoms with Crippen LogP contribution in [-0.2, 0) is 28.4 Å². The second-order valence-electron chi connectivity index (χ2n) is 8.18. The highest BCUT2D eigenvalue weighted by Gasteiger charge is 2.27. The molecule has 1 unspecified atom stereocenters. The lowest BCUT2D eigenvalue weighted by Gasteiger charge is -2.17. The summed E-state index contributed by atoms with van der Waals surface area (Å²) in [6.45, 7) is 1.29. The Bertz CT molecular complexity index is 1640. The highest BCUT2D eigenvalue weighted by Crippen LogP contribution is 2.22. The zero-order valence-corrected chi connectivity index (χ0v) is 19.8. The summed E-state index contributed by atoms with van der Waals surface area (Å²) in [4.78, 5) is 37.4. The predicted octanol–water partition coefficient (Wildman–Crippen LogP) is 2.11. The van der Waals surface area contributed by atoms with E-state index in [4.69, 9.17) is 0 Å². The standard InChI is InChI=1S/C25H23N3O6S/c1-16-7-9-17(10-8-16)18-11-13-19(14-12-18)35(33,34)26-21(24(30)31)15-28-23(29)20-5-3-4-6-22(20)27(2)25(28)32/h3-14,21,26H,15H2,1-2H3,(H,30,31). The number of carboxylic acids is 1. The molecular formula is C25H23N3O6S. The van der Waals surface area contributed by atoms with Crippen LogP contribution in [0.15, 0.2) is 87.3 Å². The van der Waals surface area contributed by atoms with Crippen molar-refractivity contribution in [3.63, 3.8) is 0 Å². The molecule has 180 valence electrons. The van der Waals surface area contributed by atoms with Crippen molar-refractivity contribution in [1.82, 2.24) is 13.9 Å². The van der Waals surface area contributed by atoms with Crippen LogP contribution in [-0.4, -0.2) is 34.7 Å². The third-order valence-electron chi connectivity index (χ3n) is 5.77. The summed E-state index contributed by atoms with van der Waals surface area (Å²) in [6, 6.07) is 18.4. The number of rotatable bonds is 7. The van der Waals surface area contributed by atoms with Crippen LogP contribution in [0.4, 0.5) is 0 Å². The zero-order chi connectivity index (χ0) is 25.3. The molecular weight excluding hydrogens is 470 g/mol. The highest BCUT2D eigenvalue weighted by atomic mass is 32.2. The zero-order valence-electron chi connectivity index (χ0n) is 19.0. The Morgan fingerprint density at radius 1 is 0.943 bits per heavy atom. The van der Waals surface area contributed by atoms with Crippen LogP contribution in [0.2, 0.25) is 0 Å². The van der Waals surface area contributed by atoms with Gasteiger partial charge in [-0.2, -0.15) is 4.72 Å². The molecule has 1 atom stereocenters. The first kappa shape index (κ1) is 24.1. The molecule has 1 aromatic heterocycles. The SMILES string of the molecule is Cc1ccc(-c2ccc(S(=O)(=O)NC(Cn3c(=O)c4ccccc4n(C)c3=O)C(=O)O)cc2)cc1. The number of carboxylic acid groups (broad SMARTS) is 1. The van der Waals surface area contributed by atoms with Crippen molar-refractivity contribution in [2.24, 2.45) is 7.05 Å². The van der Waals surface area contributed by atoms with Crippen molar-refractivity contribution in [3.05, 3.63) is 99.2 Å². The molecule has 0 amide bonds. The Morgan fingerprint density at radius 3 is 2.11 bits per heavy atom. The number of nitrogens with one attached hydrogen (secondary N) is 1. The maximum absolute atomic E-state index is 12.9. The lowest BCUT2D eigenvalue weighted by molar-refractivity contribution is -0.139. The Labute approximate surface area is 201 Å². The molecule has 2 N–H and O–H groups in total. The van der Waals surface area contributed by atoms with Gasteiger partial charge < -0.3 is 5.11 Å². The van der Waals surface area contributed by atoms with E-state index in [0.717, 1.165) is 21.3 Å². The Morgan fingerprint density at radius 2 is 1.51 bits per heavy atom. The number of fused-ring (bicyclic) bond motifs is 1. The third kappa shape index (κ3) is 4.79. The van der Waals surface area contributed by atoms with Crippen LogP contribution in [0.25, 0.3) is 22.0 Å². The Balaban J connectivity index is 1.64. The summed E-state index contributed by atoms with van der Waals surface area (Å²) in [7, 11) is -2.81. The molecule has 0 saturated heterocycles. The molecule has 4 aromatic rings. The van der Waals surface area contributed by atoms with E-state index in [-0.39, 0.29) is 10.3 Å². The van der Waals surface area contributed by atoms with Crippen LogP contribution in [0.1, 0.15) is 5.56 Å². The van der Waals surface area contributed by atoms with Crippen LogP contribution < -0.4 is 16.0 Å². The van der Waals surface area contributed by atoms with E-state index in [0.29, 0.717) is 5.52 Å². The van der Waals surface area contributed by atoms with E-state index in [2.05, 4.69) is 4.72 Å². The number of hydrogen-bond donors (Lipinski definition) is 2. The molecule has 0 bridgehead atoms. The molecule has 9 nitrogen and oxygen atoms in total. The van der Waals surface area contributed by atoms with Crippen molar-refractivity contribution >= 4 is 26.9 Å². The first-order chi connectivity index (χ1) is 16.6. The maximum Gasteiger partial charge on any atom is 0.331 e. The molecule has 0 spiro atoms. The van der Waals surface area contributed by atoms with Gasteiger partial charge >= 0.3 is 11.7 Å². The van der Waals surface area contributed by atoms with E-state index in [1.54, 1.807) is 30.3 Å². The molecule has 4 rings (SSSR count). The van der Waals surface area contributed by atoms with Gasteiger partial charge in [0.25, 0.3) is 5.56 Å². The van der Waals surface area contributed by atoms with Gasteiger partial charge in [0.05, 0.1) is 22.3 Å². The first-order valence-electron chi connectivity index (χ1n) is 10.7. The van der Waals surface area contributed by atoms with Crippen LogP contribution in [0.5, 0.6) is 0 Å². The molecule has 0 radical (unpaired) electrons. The van der Waals surface area contributed by atoms with Gasteiger partial charge in [-0.15, -0.1) is 0 Å². The van der Waals surface area contributed by atoms with Crippen molar-refractivity contribution in [2.75, 3.05) is 0 Å². The summed E-state index contributed by atoms with van der Waals surface area (Å²) in [5.41, 5.74) is 1.74. The maximum atomic E-state index is 12.9. The van der Waals surface area contributed by atoms with Gasteiger partial charge in [0.1, 0.15) is 6.04 Å². The molecule has 35 heavy (non-hydrogen) atoms. The second kappa shape index (κ2) is 9.32. The van der Waals surface area contributed by atoms with Crippen LogP contribution in [0, 0.1) is 6.92 Å². The van der Waals surface area contributed by atoms with Gasteiger partial charge in [-0.05, 0) is 42.3 Å². The number of nitrogens with zero attached hydrogens (tertiary/aromatic N) is 2. The normalized spacial score (nSPS) is 12.5. The minimum atomic E-state index is -4.26. The van der Waals surface area contributed by atoms with Crippen molar-refractivity contribution in [1.29, 1.82) is 0 Å². The van der Waals surface area contributed by atoms with E-state index >= 15 is 0 Å². The second-order valence-corrected chi connectivity index (χ2v) is 9.89. The van der Waals surface area contributed by atoms with Crippen LogP contribution in [0.3, 0.4) is 0 Å². The van der Waals surface area contributed by atoms with E-state index in [1.807, 2.05) is 31.2 Å². The van der Waals surface area contributed by atoms with Gasteiger partial charge in [-0.3, -0.25) is 18.7 Å². The fraction of sp³-hybridized carbons (Fsp3) is 0.160. The van der Waals surface area contributed by atoms with Crippen molar-refractivity contribution < 1.29 is 18.3 Å². The number of aliphatic carboxylic acids is 1. The summed E-state index contributed by atoms with van der Waals surface area (Å²) in [6.07, 6.45) is 0. The molecule has 0 aliphatic rings. The number of sulfonamides is 1. The molecule has 3 aromatic carbocycles. The van der Waals surface area contributed by atoms with E-state index in [1.165, 1.54) is 29.8 Å². The minimum absolute atomic E-state index is 0.140. The van der Waals surface area contributed by atoms with Gasteiger partial charge in [0, 0.05) is 7.05 Å². The topological polar surface area (TPSA) is 127 Å². The average Bonchev–Trinajstić information content (AvgIpc) is 2.85. The molecule has 0 aliphatic heterocycles. The van der Waals surface area contributed by atoms with E-state index in [9.17, 15) is 27.9 Å². The summed E-state index contributed by atoms with van der Waals surface area (Å²) >= 11 is 0. The largest absolute Gasteiger partial charge is 0.480 e. The fourth-order valence-electron chi connectivity index (χ4n) is 3.80. The number of hydrogen-bond acceptors (Lipinski definition) is 5. The summed E-state index contributed by atoms with van der Waals surface area (Å²) in [5.74, 6) is -1.52. The van der Waals surface area contributed by atoms with Crippen molar-refractivity contribution in [3.8, 4) is 11.1 Å². The summed E-state index contributed by atoms with van der Waals surface area (Å²) in [5, 5.41) is 9.89. The molecule has 0 aliphatic carbocycles. The fourth-order valence-corrected chi connectivity index (χ4v) is 4.98. The van der Waals surface area contributed by atoms with Gasteiger partial charge in [-0.25, -0.2) is 13.2 Å². The monoisotopic (exact) mass is 493 g/mol. The Kier molecular flexibility index (Phi) is 6.42. The summed E-state index contributed by atoms with van der Waals surface area (Å²) < 4.78 is 29.9. The number of aryl methyl sites for hydroxylation is 2. The van der Waals surface area contributed by atoms with E-state index < -0.39 is 39.8 Å². The minimum Gasteiger partial charge on any atom is -0.480 e. The molecule has 1 heterocycles. The lowest BCUT2D eigenvalue weighted by atomic mass is 10.0. The van der Waals surface area contributed by atoms with Crippen LogP contribution >= 0.6 is 0 Å². The average molecular weight is 494 g/mol.